The third-order valence-electron chi connectivity index (χ3n) is 4.33. The fraction of sp³-hybridized carbons (Fsp3) is 0.923. The fourth-order valence-electron chi connectivity index (χ4n) is 2.33. The van der Waals surface area contributed by atoms with E-state index in [4.69, 9.17) is 0 Å². The van der Waals surface area contributed by atoms with E-state index in [0.29, 0.717) is 6.54 Å². The first kappa shape index (κ1) is 17.7. The molecule has 1 aliphatic heterocycles. The van der Waals surface area contributed by atoms with E-state index in [9.17, 15) is 9.90 Å². The van der Waals surface area contributed by atoms with Crippen LogP contribution >= 0.6 is 12.4 Å². The molecule has 0 saturated carbocycles. The van der Waals surface area contributed by atoms with Crippen LogP contribution in [0, 0.1) is 5.41 Å². The number of halogens is 1. The minimum atomic E-state index is -0.414. The molecular formula is C13H27ClN2O2. The third-order valence-corrected chi connectivity index (χ3v) is 4.33. The van der Waals surface area contributed by atoms with Gasteiger partial charge in [-0.05, 0) is 39.2 Å². The minimum Gasteiger partial charge on any atom is -0.396 e. The number of hydrogen-bond donors (Lipinski definition) is 3. The van der Waals surface area contributed by atoms with Crippen molar-refractivity contribution in [2.24, 2.45) is 5.41 Å². The van der Waals surface area contributed by atoms with Crippen molar-refractivity contribution in [2.75, 3.05) is 19.7 Å². The lowest BCUT2D eigenvalue weighted by atomic mass is 9.83. The molecule has 4 nitrogen and oxygen atoms in total. The monoisotopic (exact) mass is 278 g/mol. The Morgan fingerprint density at radius 2 is 2.06 bits per heavy atom. The van der Waals surface area contributed by atoms with Crippen molar-refractivity contribution in [2.45, 2.75) is 52.0 Å². The maximum absolute atomic E-state index is 12.1. The van der Waals surface area contributed by atoms with Gasteiger partial charge in [0.05, 0.1) is 12.1 Å². The molecule has 3 N–H and O–H groups in total. The summed E-state index contributed by atoms with van der Waals surface area (Å²) in [6.45, 7) is 7.67. The Morgan fingerprint density at radius 3 is 2.44 bits per heavy atom. The standard InChI is InChI=1S/C13H26N2O2.ClH/c1-4-13(5-2,10-16)9-14-11(17)12(3)7-6-8-15-12;/h15-16H,4-10H2,1-3H3,(H,14,17);1H. The Bertz CT molecular complexity index is 253. The quantitative estimate of drug-likeness (QED) is 0.689. The van der Waals surface area contributed by atoms with Crippen LogP contribution in [0.15, 0.2) is 0 Å². The summed E-state index contributed by atoms with van der Waals surface area (Å²) in [5.74, 6) is 0.0646. The normalized spacial score (nSPS) is 23.6. The molecule has 0 aliphatic carbocycles. The van der Waals surface area contributed by atoms with Crippen molar-refractivity contribution in [1.29, 1.82) is 0 Å². The van der Waals surface area contributed by atoms with Gasteiger partial charge in [0, 0.05) is 12.0 Å². The fourth-order valence-corrected chi connectivity index (χ4v) is 2.33. The molecule has 0 aromatic carbocycles. The van der Waals surface area contributed by atoms with Gasteiger partial charge in [-0.25, -0.2) is 0 Å². The number of rotatable bonds is 6. The zero-order valence-electron chi connectivity index (χ0n) is 11.7. The molecule has 108 valence electrons. The second kappa shape index (κ2) is 7.31. The van der Waals surface area contributed by atoms with E-state index in [1.807, 2.05) is 6.92 Å². The lowest BCUT2D eigenvalue weighted by Crippen LogP contribution is -2.53. The molecular weight excluding hydrogens is 252 g/mol. The van der Waals surface area contributed by atoms with E-state index < -0.39 is 5.54 Å². The Kier molecular flexibility index (Phi) is 7.18. The highest BCUT2D eigenvalue weighted by atomic mass is 35.5. The van der Waals surface area contributed by atoms with Crippen LogP contribution < -0.4 is 10.6 Å². The second-order valence-corrected chi connectivity index (χ2v) is 5.41. The molecule has 0 spiro atoms. The minimum absolute atomic E-state index is 0. The highest BCUT2D eigenvalue weighted by Gasteiger charge is 2.37. The third kappa shape index (κ3) is 3.84. The van der Waals surface area contributed by atoms with Crippen LogP contribution in [0.2, 0.25) is 0 Å². The molecule has 1 unspecified atom stereocenters. The Morgan fingerprint density at radius 1 is 1.44 bits per heavy atom. The first-order valence-corrected chi connectivity index (χ1v) is 6.66. The van der Waals surface area contributed by atoms with Crippen LogP contribution in [0.5, 0.6) is 0 Å². The number of hydrogen-bond acceptors (Lipinski definition) is 3. The number of amides is 1. The Hall–Kier alpha value is -0.320. The van der Waals surface area contributed by atoms with E-state index in [1.54, 1.807) is 0 Å². The summed E-state index contributed by atoms with van der Waals surface area (Å²) in [5, 5.41) is 15.7. The van der Waals surface area contributed by atoms with Crippen molar-refractivity contribution in [3.63, 3.8) is 0 Å². The van der Waals surface area contributed by atoms with Gasteiger partial charge in [-0.15, -0.1) is 12.4 Å². The van der Waals surface area contributed by atoms with Gasteiger partial charge >= 0.3 is 0 Å². The predicted octanol–water partition coefficient (Wildman–Crippen LogP) is 1.47. The van der Waals surface area contributed by atoms with Gasteiger partial charge in [0.25, 0.3) is 0 Å². The maximum atomic E-state index is 12.1. The smallest absolute Gasteiger partial charge is 0.240 e. The van der Waals surface area contributed by atoms with E-state index in [0.717, 1.165) is 32.2 Å². The van der Waals surface area contributed by atoms with Crippen LogP contribution in [0.4, 0.5) is 0 Å². The lowest BCUT2D eigenvalue weighted by molar-refractivity contribution is -0.127. The first-order valence-electron chi connectivity index (χ1n) is 6.66. The Labute approximate surface area is 116 Å². The highest BCUT2D eigenvalue weighted by molar-refractivity contribution is 5.86. The van der Waals surface area contributed by atoms with E-state index in [1.165, 1.54) is 0 Å². The summed E-state index contributed by atoms with van der Waals surface area (Å²) in [6, 6.07) is 0. The van der Waals surface area contributed by atoms with Crippen molar-refractivity contribution in [1.82, 2.24) is 10.6 Å². The molecule has 0 radical (unpaired) electrons. The van der Waals surface area contributed by atoms with Crippen LogP contribution in [0.3, 0.4) is 0 Å². The number of aliphatic hydroxyl groups excluding tert-OH is 1. The zero-order valence-corrected chi connectivity index (χ0v) is 12.5. The molecule has 1 heterocycles. The first-order chi connectivity index (χ1) is 8.02. The highest BCUT2D eigenvalue weighted by Crippen LogP contribution is 2.25. The largest absolute Gasteiger partial charge is 0.396 e. The number of carbonyl (C=O) groups excluding carboxylic acids is 1. The maximum Gasteiger partial charge on any atom is 0.240 e. The topological polar surface area (TPSA) is 61.4 Å². The number of carbonyl (C=O) groups is 1. The van der Waals surface area contributed by atoms with Gasteiger partial charge in [-0.2, -0.15) is 0 Å². The molecule has 0 aromatic heterocycles. The molecule has 0 aromatic rings. The molecule has 1 atom stereocenters. The molecule has 1 aliphatic rings. The van der Waals surface area contributed by atoms with Crippen molar-refractivity contribution in [3.8, 4) is 0 Å². The van der Waals surface area contributed by atoms with Crippen LogP contribution in [-0.2, 0) is 4.79 Å². The van der Waals surface area contributed by atoms with Crippen LogP contribution in [0.25, 0.3) is 0 Å². The summed E-state index contributed by atoms with van der Waals surface area (Å²) in [7, 11) is 0. The van der Waals surface area contributed by atoms with Crippen molar-refractivity contribution in [3.05, 3.63) is 0 Å². The zero-order chi connectivity index (χ0) is 12.9. The molecule has 1 saturated heterocycles. The van der Waals surface area contributed by atoms with Crippen LogP contribution in [0.1, 0.15) is 46.5 Å². The van der Waals surface area contributed by atoms with E-state index in [-0.39, 0.29) is 30.3 Å². The second-order valence-electron chi connectivity index (χ2n) is 5.41. The summed E-state index contributed by atoms with van der Waals surface area (Å²) in [6.07, 6.45) is 3.70. The molecule has 1 amide bonds. The average molecular weight is 279 g/mol. The Balaban J connectivity index is 0.00000289. The van der Waals surface area contributed by atoms with Gasteiger partial charge in [-0.1, -0.05) is 13.8 Å². The SMILES string of the molecule is CCC(CC)(CO)CNC(=O)C1(C)CCCN1.Cl. The average Bonchev–Trinajstić information content (AvgIpc) is 2.80. The lowest BCUT2D eigenvalue weighted by Gasteiger charge is -2.32. The summed E-state index contributed by atoms with van der Waals surface area (Å²) in [5.41, 5.74) is -0.576. The van der Waals surface area contributed by atoms with Crippen LogP contribution in [-0.4, -0.2) is 36.2 Å². The molecule has 1 fully saturated rings. The predicted molar refractivity (Wildman–Crippen MR) is 76.0 cm³/mol. The molecule has 5 heteroatoms. The molecule has 0 bridgehead atoms. The van der Waals surface area contributed by atoms with E-state index in [2.05, 4.69) is 24.5 Å². The molecule has 1 rings (SSSR count). The number of nitrogens with one attached hydrogen (secondary N) is 2. The summed E-state index contributed by atoms with van der Waals surface area (Å²) in [4.78, 5) is 12.1. The van der Waals surface area contributed by atoms with Crippen molar-refractivity contribution < 1.29 is 9.90 Å². The van der Waals surface area contributed by atoms with Gasteiger partial charge in [0.2, 0.25) is 5.91 Å². The summed E-state index contributed by atoms with van der Waals surface area (Å²) < 4.78 is 0. The number of aliphatic hydroxyl groups is 1. The van der Waals surface area contributed by atoms with Gasteiger partial charge in [0.1, 0.15) is 0 Å². The van der Waals surface area contributed by atoms with Gasteiger partial charge < -0.3 is 15.7 Å². The van der Waals surface area contributed by atoms with E-state index >= 15 is 0 Å². The molecule has 18 heavy (non-hydrogen) atoms. The van der Waals surface area contributed by atoms with Gasteiger partial charge in [0.15, 0.2) is 0 Å². The van der Waals surface area contributed by atoms with Gasteiger partial charge in [-0.3, -0.25) is 4.79 Å². The summed E-state index contributed by atoms with van der Waals surface area (Å²) >= 11 is 0. The van der Waals surface area contributed by atoms with Crippen molar-refractivity contribution >= 4 is 18.3 Å².